The van der Waals surface area contributed by atoms with Gasteiger partial charge in [-0.1, -0.05) is 12.7 Å². The molecule has 0 bridgehead atoms. The molecule has 0 aromatic heterocycles. The summed E-state index contributed by atoms with van der Waals surface area (Å²) < 4.78 is 9.86. The molecule has 0 spiro atoms. The SMILES string of the molecule is C=C(C)C(CC1CO1)OO.C=CC(CC1CO1)OO. The van der Waals surface area contributed by atoms with Crippen molar-refractivity contribution in [3.05, 3.63) is 24.8 Å². The number of rotatable bonds is 8. The van der Waals surface area contributed by atoms with Gasteiger partial charge in [-0.25, -0.2) is 9.78 Å². The van der Waals surface area contributed by atoms with Crippen LogP contribution in [0.4, 0.5) is 0 Å². The Bertz CT molecular complexity index is 285. The van der Waals surface area contributed by atoms with E-state index in [0.717, 1.165) is 18.8 Å². The Kier molecular flexibility index (Phi) is 7.22. The number of epoxide rings is 2. The zero-order chi connectivity index (χ0) is 14.3. The molecule has 2 aliphatic heterocycles. The van der Waals surface area contributed by atoms with E-state index in [2.05, 4.69) is 22.9 Å². The number of ether oxygens (including phenoxy) is 2. The molecular weight excluding hydrogens is 252 g/mol. The minimum Gasteiger partial charge on any atom is -0.373 e. The normalized spacial score (nSPS) is 26.7. The van der Waals surface area contributed by atoms with Crippen LogP contribution in [0, 0.1) is 0 Å². The molecule has 6 nitrogen and oxygen atoms in total. The van der Waals surface area contributed by atoms with Crippen molar-refractivity contribution >= 4 is 0 Å². The van der Waals surface area contributed by atoms with Crippen LogP contribution < -0.4 is 0 Å². The van der Waals surface area contributed by atoms with E-state index in [1.165, 1.54) is 0 Å². The second-order valence-corrected chi connectivity index (χ2v) is 4.70. The minimum atomic E-state index is -0.266. The lowest BCUT2D eigenvalue weighted by molar-refractivity contribution is -0.270. The molecule has 110 valence electrons. The molecule has 0 aromatic carbocycles. The average molecular weight is 274 g/mol. The van der Waals surface area contributed by atoms with E-state index in [1.54, 1.807) is 6.08 Å². The van der Waals surface area contributed by atoms with Crippen molar-refractivity contribution < 1.29 is 29.8 Å². The summed E-state index contributed by atoms with van der Waals surface area (Å²) in [5, 5.41) is 16.5. The van der Waals surface area contributed by atoms with Gasteiger partial charge in [-0.2, -0.15) is 0 Å². The third-order valence-corrected chi connectivity index (χ3v) is 2.85. The molecule has 19 heavy (non-hydrogen) atoms. The highest BCUT2D eigenvalue weighted by molar-refractivity contribution is 4.99. The fourth-order valence-corrected chi connectivity index (χ4v) is 1.42. The molecule has 6 heteroatoms. The second kappa shape index (κ2) is 8.42. The quantitative estimate of drug-likeness (QED) is 0.305. The maximum atomic E-state index is 8.36. The zero-order valence-electron chi connectivity index (χ0n) is 11.2. The maximum absolute atomic E-state index is 8.36. The van der Waals surface area contributed by atoms with Crippen LogP contribution in [0.2, 0.25) is 0 Å². The molecule has 0 aliphatic carbocycles. The zero-order valence-corrected chi connectivity index (χ0v) is 11.2. The molecule has 0 amide bonds. The predicted octanol–water partition coefficient (Wildman–Crippen LogP) is 2.03. The summed E-state index contributed by atoms with van der Waals surface area (Å²) in [6, 6.07) is 0. The van der Waals surface area contributed by atoms with Crippen LogP contribution in [-0.4, -0.2) is 48.1 Å². The van der Waals surface area contributed by atoms with Gasteiger partial charge in [-0.3, -0.25) is 10.5 Å². The van der Waals surface area contributed by atoms with E-state index in [0.29, 0.717) is 12.8 Å². The van der Waals surface area contributed by atoms with Gasteiger partial charge in [0, 0.05) is 12.8 Å². The summed E-state index contributed by atoms with van der Waals surface area (Å²) in [6.07, 6.45) is 3.01. The first-order valence-electron chi connectivity index (χ1n) is 6.22. The van der Waals surface area contributed by atoms with Crippen molar-refractivity contribution in [3.63, 3.8) is 0 Å². The number of hydrogen-bond donors (Lipinski definition) is 2. The fourth-order valence-electron chi connectivity index (χ4n) is 1.42. The van der Waals surface area contributed by atoms with Crippen molar-refractivity contribution in [2.45, 2.75) is 44.2 Å². The van der Waals surface area contributed by atoms with Gasteiger partial charge in [-0.15, -0.1) is 6.58 Å². The summed E-state index contributed by atoms with van der Waals surface area (Å²) in [6.45, 7) is 10.5. The van der Waals surface area contributed by atoms with Gasteiger partial charge in [0.1, 0.15) is 12.2 Å². The lowest BCUT2D eigenvalue weighted by atomic mass is 10.1. The third-order valence-electron chi connectivity index (χ3n) is 2.85. The molecule has 2 heterocycles. The molecule has 4 atom stereocenters. The Hall–Kier alpha value is -0.760. The highest BCUT2D eigenvalue weighted by atomic mass is 17.1. The van der Waals surface area contributed by atoms with Crippen molar-refractivity contribution in [3.8, 4) is 0 Å². The first-order valence-corrected chi connectivity index (χ1v) is 6.22. The van der Waals surface area contributed by atoms with Crippen LogP contribution >= 0.6 is 0 Å². The standard InChI is InChI=1S/C7H12O3.C6H10O3/c1-5(2)7(10-8)3-6-4-9-6;1-2-5(9-7)3-6-4-8-6/h6-8H,1,3-4H2,2H3;2,5-7H,1,3-4H2. The van der Waals surface area contributed by atoms with Crippen LogP contribution in [0.15, 0.2) is 24.8 Å². The van der Waals surface area contributed by atoms with Crippen LogP contribution in [0.1, 0.15) is 19.8 Å². The summed E-state index contributed by atoms with van der Waals surface area (Å²) in [4.78, 5) is 8.24. The Morgan fingerprint density at radius 2 is 1.79 bits per heavy atom. The van der Waals surface area contributed by atoms with Gasteiger partial charge in [0.05, 0.1) is 25.4 Å². The van der Waals surface area contributed by atoms with Crippen LogP contribution in [-0.2, 0) is 19.2 Å². The molecule has 2 N–H and O–H groups in total. The first kappa shape index (κ1) is 16.3. The Labute approximate surface area is 113 Å². The van der Waals surface area contributed by atoms with Gasteiger partial charge in [0.15, 0.2) is 0 Å². The molecule has 0 radical (unpaired) electrons. The molecule has 2 rings (SSSR count). The van der Waals surface area contributed by atoms with Gasteiger partial charge in [0.2, 0.25) is 0 Å². The summed E-state index contributed by atoms with van der Waals surface area (Å²) in [5.74, 6) is 0. The average Bonchev–Trinajstić information content (AvgIpc) is 3.28. The van der Waals surface area contributed by atoms with E-state index in [1.807, 2.05) is 6.92 Å². The second-order valence-electron chi connectivity index (χ2n) is 4.70. The summed E-state index contributed by atoms with van der Waals surface area (Å²) in [5.41, 5.74) is 0.831. The predicted molar refractivity (Wildman–Crippen MR) is 68.7 cm³/mol. The van der Waals surface area contributed by atoms with Crippen LogP contribution in [0.5, 0.6) is 0 Å². The molecule has 2 saturated heterocycles. The van der Waals surface area contributed by atoms with Gasteiger partial charge >= 0.3 is 0 Å². The molecule has 2 aliphatic rings. The molecule has 2 fully saturated rings. The Morgan fingerprint density at radius 1 is 1.26 bits per heavy atom. The molecule has 4 unspecified atom stereocenters. The van der Waals surface area contributed by atoms with Crippen molar-refractivity contribution in [2.75, 3.05) is 13.2 Å². The highest BCUT2D eigenvalue weighted by Crippen LogP contribution is 2.20. The van der Waals surface area contributed by atoms with Gasteiger partial charge in [0.25, 0.3) is 0 Å². The fraction of sp³-hybridized carbons (Fsp3) is 0.692. The molecular formula is C13H22O6. The summed E-state index contributed by atoms with van der Waals surface area (Å²) in [7, 11) is 0. The number of hydrogen-bond acceptors (Lipinski definition) is 6. The topological polar surface area (TPSA) is 84.0 Å². The monoisotopic (exact) mass is 274 g/mol. The van der Waals surface area contributed by atoms with Crippen LogP contribution in [0.25, 0.3) is 0 Å². The largest absolute Gasteiger partial charge is 0.373 e. The smallest absolute Gasteiger partial charge is 0.116 e. The van der Waals surface area contributed by atoms with Crippen molar-refractivity contribution in [1.29, 1.82) is 0 Å². The van der Waals surface area contributed by atoms with Crippen molar-refractivity contribution in [2.24, 2.45) is 0 Å². The lowest BCUT2D eigenvalue weighted by Crippen LogP contribution is -2.14. The van der Waals surface area contributed by atoms with E-state index >= 15 is 0 Å². The van der Waals surface area contributed by atoms with Gasteiger partial charge < -0.3 is 9.47 Å². The third kappa shape index (κ3) is 7.41. The Balaban J connectivity index is 0.000000191. The van der Waals surface area contributed by atoms with Gasteiger partial charge in [-0.05, 0) is 12.5 Å². The lowest BCUT2D eigenvalue weighted by Gasteiger charge is -2.10. The van der Waals surface area contributed by atoms with Crippen molar-refractivity contribution in [1.82, 2.24) is 0 Å². The van der Waals surface area contributed by atoms with E-state index in [4.69, 9.17) is 20.0 Å². The highest BCUT2D eigenvalue weighted by Gasteiger charge is 2.27. The van der Waals surface area contributed by atoms with E-state index in [9.17, 15) is 0 Å². The van der Waals surface area contributed by atoms with E-state index < -0.39 is 0 Å². The summed E-state index contributed by atoms with van der Waals surface area (Å²) >= 11 is 0. The first-order chi connectivity index (χ1) is 9.10. The minimum absolute atomic E-state index is 0.257. The van der Waals surface area contributed by atoms with E-state index in [-0.39, 0.29) is 24.4 Å². The maximum Gasteiger partial charge on any atom is 0.116 e. The molecule has 0 saturated carbocycles. The van der Waals surface area contributed by atoms with Crippen LogP contribution in [0.3, 0.4) is 0 Å². The molecule has 0 aromatic rings. The Morgan fingerprint density at radius 3 is 2.11 bits per heavy atom.